The van der Waals surface area contributed by atoms with E-state index < -0.39 is 8.83 Å². The molecule has 3 heteroatoms. The van der Waals surface area contributed by atoms with Gasteiger partial charge in [0.25, 0.3) is 0 Å². The summed E-state index contributed by atoms with van der Waals surface area (Å²) in [6, 6.07) is 8.48. The van der Waals surface area contributed by atoms with Gasteiger partial charge in [0.15, 0.2) is 8.83 Å². The zero-order chi connectivity index (χ0) is 9.52. The molecule has 13 heavy (non-hydrogen) atoms. The third kappa shape index (κ3) is 3.71. The Kier molecular flexibility index (Phi) is 5.52. The van der Waals surface area contributed by atoms with Crippen molar-refractivity contribution in [2.45, 2.75) is 19.3 Å². The Morgan fingerprint density at radius 1 is 1.15 bits per heavy atom. The number of aryl methyl sites for hydroxylation is 1. The quantitative estimate of drug-likeness (QED) is 0.316. The van der Waals surface area contributed by atoms with Crippen LogP contribution >= 0.6 is 22.7 Å². The zero-order valence-corrected chi connectivity index (χ0v) is 10.5. The fourth-order valence-electron chi connectivity index (χ4n) is 1.34. The van der Waals surface area contributed by atoms with Gasteiger partial charge in [-0.15, -0.1) is 11.6 Å². The van der Waals surface area contributed by atoms with Crippen molar-refractivity contribution >= 4 is 36.7 Å². The van der Waals surface area contributed by atoms with Crippen molar-refractivity contribution in [1.29, 1.82) is 0 Å². The molecule has 0 aliphatic rings. The van der Waals surface area contributed by atoms with Gasteiger partial charge in [-0.25, -0.2) is 0 Å². The van der Waals surface area contributed by atoms with Gasteiger partial charge in [0.1, 0.15) is 0 Å². The molecule has 0 fully saturated rings. The summed E-state index contributed by atoms with van der Waals surface area (Å²) in [7, 11) is -0.533. The number of hydrogen-bond acceptors (Lipinski definition) is 0. The van der Waals surface area contributed by atoms with Crippen LogP contribution in [0.2, 0.25) is 0 Å². The molecule has 0 aromatic heterocycles. The van der Waals surface area contributed by atoms with Gasteiger partial charge in [-0.3, -0.25) is 0 Å². The summed E-state index contributed by atoms with van der Waals surface area (Å²) >= 11 is 11.6. The second kappa shape index (κ2) is 6.47. The second-order valence-electron chi connectivity index (χ2n) is 3.05. The molecule has 0 aliphatic heterocycles. The van der Waals surface area contributed by atoms with E-state index in [9.17, 15) is 0 Å². The van der Waals surface area contributed by atoms with Crippen LogP contribution in [0.5, 0.6) is 0 Å². The first-order valence-electron chi connectivity index (χ1n) is 4.57. The molecule has 0 atom stereocenters. The lowest BCUT2D eigenvalue weighted by atomic mass is 10.1. The summed E-state index contributed by atoms with van der Waals surface area (Å²) in [6.07, 6.45) is 3.40. The highest BCUT2D eigenvalue weighted by Crippen LogP contribution is 2.03. The summed E-state index contributed by atoms with van der Waals surface area (Å²) in [6.45, 7) is 0. The topological polar surface area (TPSA) is 0 Å². The Balaban J connectivity index is 2.54. The summed E-state index contributed by atoms with van der Waals surface area (Å²) in [4.78, 5) is 0. The SMILES string of the molecule is ClCCCCc1ccccc1[SiH2]Cl. The predicted molar refractivity (Wildman–Crippen MR) is 64.1 cm³/mol. The fourth-order valence-corrected chi connectivity index (χ4v) is 3.00. The molecule has 1 aromatic rings. The van der Waals surface area contributed by atoms with Crippen LogP contribution in [0.15, 0.2) is 24.3 Å². The molecule has 0 unspecified atom stereocenters. The molecular weight excluding hydrogens is 219 g/mol. The average molecular weight is 233 g/mol. The molecule has 0 N–H and O–H groups in total. The van der Waals surface area contributed by atoms with E-state index in [2.05, 4.69) is 24.3 Å². The number of unbranched alkanes of at least 4 members (excludes halogenated alkanes) is 1. The number of rotatable bonds is 5. The molecule has 0 saturated carbocycles. The number of alkyl halides is 1. The smallest absolute Gasteiger partial charge is 0.156 e. The first-order valence-corrected chi connectivity index (χ1v) is 7.95. The van der Waals surface area contributed by atoms with Gasteiger partial charge in [-0.1, -0.05) is 24.3 Å². The number of hydrogen-bond donors (Lipinski definition) is 0. The standard InChI is InChI=1S/C10H14Cl2Si/c11-8-4-3-6-9-5-1-2-7-10(9)13-12/h1-2,5,7H,3-4,6,8,13H2. The minimum Gasteiger partial charge on any atom is -0.170 e. The highest BCUT2D eigenvalue weighted by Gasteiger charge is 1.99. The van der Waals surface area contributed by atoms with Gasteiger partial charge in [0.05, 0.1) is 0 Å². The van der Waals surface area contributed by atoms with Crippen LogP contribution in [-0.2, 0) is 6.42 Å². The molecule has 72 valence electrons. The Labute approximate surface area is 91.8 Å². The van der Waals surface area contributed by atoms with Gasteiger partial charge in [0, 0.05) is 5.88 Å². The molecule has 1 rings (SSSR count). The van der Waals surface area contributed by atoms with Crippen molar-refractivity contribution in [2.24, 2.45) is 0 Å². The van der Waals surface area contributed by atoms with Crippen molar-refractivity contribution in [3.05, 3.63) is 29.8 Å². The maximum absolute atomic E-state index is 5.96. The highest BCUT2D eigenvalue weighted by atomic mass is 35.6. The second-order valence-corrected chi connectivity index (χ2v) is 5.26. The fraction of sp³-hybridized carbons (Fsp3) is 0.400. The number of benzene rings is 1. The maximum Gasteiger partial charge on any atom is 0.156 e. The van der Waals surface area contributed by atoms with Crippen molar-refractivity contribution in [1.82, 2.24) is 0 Å². The Bertz CT molecular complexity index is 250. The van der Waals surface area contributed by atoms with Crippen LogP contribution in [0.1, 0.15) is 18.4 Å². The molecule has 0 bridgehead atoms. The minimum absolute atomic E-state index is 0.533. The molecule has 0 saturated heterocycles. The molecule has 1 aromatic carbocycles. The van der Waals surface area contributed by atoms with Crippen LogP contribution < -0.4 is 5.19 Å². The van der Waals surface area contributed by atoms with E-state index in [-0.39, 0.29) is 0 Å². The van der Waals surface area contributed by atoms with E-state index in [0.717, 1.165) is 18.7 Å². The summed E-state index contributed by atoms with van der Waals surface area (Å²) in [5.74, 6) is 0.764. The molecule has 0 amide bonds. The lowest BCUT2D eigenvalue weighted by Crippen LogP contribution is -2.14. The molecule has 0 radical (unpaired) electrons. The normalized spacial score (nSPS) is 11.2. The summed E-state index contributed by atoms with van der Waals surface area (Å²) in [5, 5.41) is 1.39. The average Bonchev–Trinajstić information content (AvgIpc) is 2.19. The Hall–Kier alpha value is 0.0169. The molecule has 0 spiro atoms. The molecular formula is C10H14Cl2Si. The highest BCUT2D eigenvalue weighted by molar-refractivity contribution is 7.01. The van der Waals surface area contributed by atoms with E-state index in [1.807, 2.05) is 0 Å². The van der Waals surface area contributed by atoms with Crippen molar-refractivity contribution in [3.8, 4) is 0 Å². The molecule has 0 nitrogen and oxygen atoms in total. The van der Waals surface area contributed by atoms with Crippen LogP contribution in [0, 0.1) is 0 Å². The Morgan fingerprint density at radius 2 is 1.92 bits per heavy atom. The van der Waals surface area contributed by atoms with Crippen LogP contribution in [0.25, 0.3) is 0 Å². The van der Waals surface area contributed by atoms with Gasteiger partial charge in [-0.05, 0) is 30.0 Å². The van der Waals surface area contributed by atoms with E-state index in [4.69, 9.17) is 22.7 Å². The number of halogens is 2. The first kappa shape index (κ1) is 11.1. The molecule has 0 aliphatic carbocycles. The third-order valence-corrected chi connectivity index (χ3v) is 4.20. The predicted octanol–water partition coefficient (Wildman–Crippen LogP) is 2.20. The van der Waals surface area contributed by atoms with Gasteiger partial charge in [0.2, 0.25) is 0 Å². The van der Waals surface area contributed by atoms with E-state index >= 15 is 0 Å². The van der Waals surface area contributed by atoms with E-state index in [0.29, 0.717) is 0 Å². The van der Waals surface area contributed by atoms with Crippen LogP contribution in [0.4, 0.5) is 0 Å². The van der Waals surface area contributed by atoms with Crippen molar-refractivity contribution < 1.29 is 0 Å². The Morgan fingerprint density at radius 3 is 2.62 bits per heavy atom. The van der Waals surface area contributed by atoms with Gasteiger partial charge < -0.3 is 0 Å². The largest absolute Gasteiger partial charge is 0.170 e. The summed E-state index contributed by atoms with van der Waals surface area (Å²) in [5.41, 5.74) is 1.43. The van der Waals surface area contributed by atoms with Gasteiger partial charge >= 0.3 is 0 Å². The van der Waals surface area contributed by atoms with Crippen molar-refractivity contribution in [2.75, 3.05) is 5.88 Å². The monoisotopic (exact) mass is 232 g/mol. The zero-order valence-electron chi connectivity index (χ0n) is 7.60. The van der Waals surface area contributed by atoms with Crippen molar-refractivity contribution in [3.63, 3.8) is 0 Å². The lowest BCUT2D eigenvalue weighted by molar-refractivity contribution is 0.802. The van der Waals surface area contributed by atoms with E-state index in [1.165, 1.54) is 17.2 Å². The maximum atomic E-state index is 5.96. The third-order valence-electron chi connectivity index (χ3n) is 2.09. The molecule has 0 heterocycles. The van der Waals surface area contributed by atoms with E-state index in [1.54, 1.807) is 0 Å². The van der Waals surface area contributed by atoms with Crippen LogP contribution in [0.3, 0.4) is 0 Å². The summed E-state index contributed by atoms with van der Waals surface area (Å²) < 4.78 is 0. The van der Waals surface area contributed by atoms with Gasteiger partial charge in [-0.2, -0.15) is 11.1 Å². The van der Waals surface area contributed by atoms with Crippen LogP contribution in [-0.4, -0.2) is 14.7 Å². The first-order chi connectivity index (χ1) is 6.38. The lowest BCUT2D eigenvalue weighted by Gasteiger charge is -2.05. The minimum atomic E-state index is -0.533.